The number of benzene rings is 2. The molecule has 0 saturated carbocycles. The maximum absolute atomic E-state index is 12.8. The molecule has 0 unspecified atom stereocenters. The van der Waals surface area contributed by atoms with Crippen molar-refractivity contribution in [2.45, 2.75) is 0 Å². The van der Waals surface area contributed by atoms with Crippen molar-refractivity contribution in [1.29, 1.82) is 0 Å². The van der Waals surface area contributed by atoms with Crippen molar-refractivity contribution in [3.05, 3.63) is 101 Å². The molecule has 2 aromatic carbocycles. The standard InChI is InChI=1S/C23H17N3O3/c27-20-14-21(25-17-7-3-1-4-8-17)26(18-9-5-2-6-10-18)23-19(20)13-16(15-24-23)11-12-22(28)29/h1-15,25H,(H,28,29). The number of aromatic nitrogens is 2. The summed E-state index contributed by atoms with van der Waals surface area (Å²) in [4.78, 5) is 28.1. The van der Waals surface area contributed by atoms with Gasteiger partial charge in [0.25, 0.3) is 0 Å². The smallest absolute Gasteiger partial charge is 0.328 e. The first-order valence-electron chi connectivity index (χ1n) is 8.96. The number of rotatable bonds is 5. The molecule has 0 bridgehead atoms. The predicted octanol–water partition coefficient (Wildman–Crippen LogP) is 4.23. The molecule has 0 amide bonds. The number of aliphatic carboxylic acids is 1. The number of carboxylic acid groups (broad SMARTS) is 1. The van der Waals surface area contributed by atoms with Crippen LogP contribution in [0.25, 0.3) is 22.8 Å². The summed E-state index contributed by atoms with van der Waals surface area (Å²) in [5.74, 6) is -0.476. The minimum Gasteiger partial charge on any atom is -0.478 e. The maximum atomic E-state index is 12.8. The lowest BCUT2D eigenvalue weighted by Gasteiger charge is -2.17. The molecule has 4 aromatic rings. The Morgan fingerprint density at radius 2 is 1.69 bits per heavy atom. The number of para-hydroxylation sites is 2. The van der Waals surface area contributed by atoms with Crippen molar-refractivity contribution in [1.82, 2.24) is 9.55 Å². The fraction of sp³-hybridized carbons (Fsp3) is 0. The third-order valence-electron chi connectivity index (χ3n) is 4.35. The Hall–Kier alpha value is -4.19. The second kappa shape index (κ2) is 7.82. The van der Waals surface area contributed by atoms with Gasteiger partial charge in [-0.15, -0.1) is 0 Å². The molecule has 0 saturated heterocycles. The molecular formula is C23H17N3O3. The zero-order chi connectivity index (χ0) is 20.2. The number of hydrogen-bond acceptors (Lipinski definition) is 4. The van der Waals surface area contributed by atoms with Crippen LogP contribution in [0.2, 0.25) is 0 Å². The Morgan fingerprint density at radius 3 is 2.38 bits per heavy atom. The molecule has 6 heteroatoms. The predicted molar refractivity (Wildman–Crippen MR) is 114 cm³/mol. The van der Waals surface area contributed by atoms with E-state index >= 15 is 0 Å². The second-order valence-electron chi connectivity index (χ2n) is 6.37. The number of carbonyl (C=O) groups is 1. The van der Waals surface area contributed by atoms with E-state index in [0.29, 0.717) is 22.4 Å². The molecule has 0 spiro atoms. The van der Waals surface area contributed by atoms with E-state index in [1.54, 1.807) is 12.3 Å². The Balaban J connectivity index is 1.94. The monoisotopic (exact) mass is 383 g/mol. The van der Waals surface area contributed by atoms with E-state index in [1.165, 1.54) is 12.1 Å². The number of carboxylic acids is 1. The molecule has 4 rings (SSSR count). The van der Waals surface area contributed by atoms with Gasteiger partial charge in [-0.25, -0.2) is 9.78 Å². The van der Waals surface area contributed by atoms with Crippen LogP contribution in [0.3, 0.4) is 0 Å². The van der Waals surface area contributed by atoms with Crippen LogP contribution in [0, 0.1) is 0 Å². The van der Waals surface area contributed by atoms with Crippen LogP contribution in [-0.4, -0.2) is 20.6 Å². The number of fused-ring (bicyclic) bond motifs is 1. The molecule has 2 N–H and O–H groups in total. The molecule has 0 aliphatic carbocycles. The number of nitrogens with one attached hydrogen (secondary N) is 1. The number of anilines is 2. The highest BCUT2D eigenvalue weighted by molar-refractivity contribution is 5.87. The van der Waals surface area contributed by atoms with Crippen LogP contribution in [0.5, 0.6) is 0 Å². The van der Waals surface area contributed by atoms with Gasteiger partial charge in [-0.1, -0.05) is 36.4 Å². The Labute approximate surface area is 166 Å². The summed E-state index contributed by atoms with van der Waals surface area (Å²) >= 11 is 0. The first-order valence-corrected chi connectivity index (χ1v) is 8.96. The van der Waals surface area contributed by atoms with Crippen molar-refractivity contribution in [3.63, 3.8) is 0 Å². The normalized spacial score (nSPS) is 11.0. The minimum atomic E-state index is -1.06. The van der Waals surface area contributed by atoms with Gasteiger partial charge < -0.3 is 10.4 Å². The van der Waals surface area contributed by atoms with Crippen LogP contribution < -0.4 is 10.7 Å². The van der Waals surface area contributed by atoms with Crippen molar-refractivity contribution < 1.29 is 9.90 Å². The Kier molecular flexibility index (Phi) is 4.90. The van der Waals surface area contributed by atoms with Crippen molar-refractivity contribution in [3.8, 4) is 5.69 Å². The van der Waals surface area contributed by atoms with Crippen molar-refractivity contribution in [2.75, 3.05) is 5.32 Å². The summed E-state index contributed by atoms with van der Waals surface area (Å²) in [5, 5.41) is 12.5. The average molecular weight is 383 g/mol. The highest BCUT2D eigenvalue weighted by atomic mass is 16.4. The van der Waals surface area contributed by atoms with Crippen molar-refractivity contribution >= 4 is 34.6 Å². The zero-order valence-electron chi connectivity index (χ0n) is 15.3. The first kappa shape index (κ1) is 18.2. The summed E-state index contributed by atoms with van der Waals surface area (Å²) in [6, 6.07) is 22.3. The highest BCUT2D eigenvalue weighted by Crippen LogP contribution is 2.24. The second-order valence-corrected chi connectivity index (χ2v) is 6.37. The van der Waals surface area contributed by atoms with Gasteiger partial charge in [-0.2, -0.15) is 0 Å². The summed E-state index contributed by atoms with van der Waals surface area (Å²) in [6.45, 7) is 0. The molecule has 0 radical (unpaired) electrons. The third kappa shape index (κ3) is 3.91. The van der Waals surface area contributed by atoms with Gasteiger partial charge in [0.05, 0.1) is 5.39 Å². The summed E-state index contributed by atoms with van der Waals surface area (Å²) in [7, 11) is 0. The van der Waals surface area contributed by atoms with Gasteiger partial charge in [0.15, 0.2) is 5.43 Å². The van der Waals surface area contributed by atoms with Crippen molar-refractivity contribution in [2.24, 2.45) is 0 Å². The summed E-state index contributed by atoms with van der Waals surface area (Å²) < 4.78 is 1.87. The molecule has 2 aromatic heterocycles. The third-order valence-corrected chi connectivity index (χ3v) is 4.35. The van der Waals surface area contributed by atoms with Crippen LogP contribution in [0.15, 0.2) is 89.9 Å². The number of nitrogens with zero attached hydrogens (tertiary/aromatic N) is 2. The summed E-state index contributed by atoms with van der Waals surface area (Å²) in [5.41, 5.74) is 2.51. The van der Waals surface area contributed by atoms with Gasteiger partial charge in [-0.3, -0.25) is 9.36 Å². The molecule has 0 fully saturated rings. The Morgan fingerprint density at radius 1 is 1.00 bits per heavy atom. The zero-order valence-corrected chi connectivity index (χ0v) is 15.3. The molecule has 2 heterocycles. The van der Waals surface area contributed by atoms with Crippen LogP contribution in [0.1, 0.15) is 5.56 Å². The molecule has 6 nitrogen and oxygen atoms in total. The van der Waals surface area contributed by atoms with E-state index in [0.717, 1.165) is 17.5 Å². The van der Waals surface area contributed by atoms with Gasteiger partial charge >= 0.3 is 5.97 Å². The lowest BCUT2D eigenvalue weighted by atomic mass is 10.1. The first-order chi connectivity index (χ1) is 14.1. The molecule has 0 aliphatic heterocycles. The molecule has 0 aliphatic rings. The fourth-order valence-corrected chi connectivity index (χ4v) is 3.07. The minimum absolute atomic E-state index is 0.205. The van der Waals surface area contributed by atoms with E-state index in [4.69, 9.17) is 5.11 Å². The Bertz CT molecular complexity index is 1260. The van der Waals surface area contributed by atoms with E-state index in [9.17, 15) is 9.59 Å². The lowest BCUT2D eigenvalue weighted by Crippen LogP contribution is -2.13. The quantitative estimate of drug-likeness (QED) is 0.504. The largest absolute Gasteiger partial charge is 0.478 e. The maximum Gasteiger partial charge on any atom is 0.328 e. The van der Waals surface area contributed by atoms with Gasteiger partial charge in [0.2, 0.25) is 0 Å². The molecule has 29 heavy (non-hydrogen) atoms. The molecule has 142 valence electrons. The highest BCUT2D eigenvalue weighted by Gasteiger charge is 2.13. The summed E-state index contributed by atoms with van der Waals surface area (Å²) in [6.07, 6.45) is 3.98. The lowest BCUT2D eigenvalue weighted by molar-refractivity contribution is -0.131. The SMILES string of the molecule is O=C(O)C=Cc1cnc2c(c1)c(=O)cc(Nc1ccccc1)n2-c1ccccc1. The average Bonchev–Trinajstić information content (AvgIpc) is 2.74. The van der Waals surface area contributed by atoms with Crippen LogP contribution in [-0.2, 0) is 4.79 Å². The van der Waals surface area contributed by atoms with E-state index < -0.39 is 5.97 Å². The van der Waals surface area contributed by atoms with E-state index in [-0.39, 0.29) is 5.43 Å². The van der Waals surface area contributed by atoms with E-state index in [2.05, 4.69) is 10.3 Å². The van der Waals surface area contributed by atoms with Crippen LogP contribution >= 0.6 is 0 Å². The van der Waals surface area contributed by atoms with Gasteiger partial charge in [-0.05, 0) is 42.0 Å². The van der Waals surface area contributed by atoms with Gasteiger partial charge in [0.1, 0.15) is 11.5 Å². The van der Waals surface area contributed by atoms with E-state index in [1.807, 2.05) is 65.2 Å². The topological polar surface area (TPSA) is 84.2 Å². The molecular weight excluding hydrogens is 366 g/mol. The molecule has 0 atom stereocenters. The van der Waals surface area contributed by atoms with Gasteiger partial charge in [0, 0.05) is 29.7 Å². The number of hydrogen-bond donors (Lipinski definition) is 2. The van der Waals surface area contributed by atoms with Crippen LogP contribution in [0.4, 0.5) is 11.5 Å². The number of pyridine rings is 2. The fourth-order valence-electron chi connectivity index (χ4n) is 3.07.